The lowest BCUT2D eigenvalue weighted by Gasteiger charge is -2.06. The second-order valence-corrected chi connectivity index (χ2v) is 4.75. The first kappa shape index (κ1) is 12.2. The molecule has 0 unspecified atom stereocenters. The minimum absolute atomic E-state index is 0.256. The van der Waals surface area contributed by atoms with Crippen molar-refractivity contribution in [3.63, 3.8) is 0 Å². The zero-order chi connectivity index (χ0) is 12.4. The quantitative estimate of drug-likeness (QED) is 0.859. The summed E-state index contributed by atoms with van der Waals surface area (Å²) < 4.78 is 2.28. The number of rotatable bonds is 4. The van der Waals surface area contributed by atoms with E-state index in [9.17, 15) is 0 Å². The molecule has 2 aromatic rings. The molecule has 0 radical (unpaired) electrons. The van der Waals surface area contributed by atoms with Crippen molar-refractivity contribution in [3.05, 3.63) is 35.0 Å². The Morgan fingerprint density at radius 1 is 1.24 bits per heavy atom. The Balaban J connectivity index is 2.60. The molecule has 0 bridgehead atoms. The monoisotopic (exact) mass is 231 g/mol. The van der Waals surface area contributed by atoms with Crippen molar-refractivity contribution in [3.8, 4) is 0 Å². The van der Waals surface area contributed by atoms with Gasteiger partial charge in [-0.05, 0) is 49.4 Å². The lowest BCUT2D eigenvalue weighted by atomic mass is 10.0. The summed E-state index contributed by atoms with van der Waals surface area (Å²) in [5.74, 6) is 0. The topological polar surface area (TPSA) is 25.2 Å². The molecule has 0 aliphatic carbocycles. The van der Waals surface area contributed by atoms with E-state index in [0.29, 0.717) is 0 Å². The third kappa shape index (κ3) is 2.22. The molecule has 0 spiro atoms. The van der Waals surface area contributed by atoms with Gasteiger partial charge in [0, 0.05) is 30.3 Å². The maximum atomic E-state index is 8.96. The van der Waals surface area contributed by atoms with E-state index in [0.717, 1.165) is 19.4 Å². The van der Waals surface area contributed by atoms with Crippen LogP contribution in [0.3, 0.4) is 0 Å². The number of aliphatic hydroxyl groups is 1. The summed E-state index contributed by atoms with van der Waals surface area (Å²) in [6, 6.07) is 4.50. The lowest BCUT2D eigenvalue weighted by Crippen LogP contribution is -1.98. The molecule has 0 saturated heterocycles. The van der Waals surface area contributed by atoms with Crippen molar-refractivity contribution in [1.29, 1.82) is 0 Å². The number of benzene rings is 1. The summed E-state index contributed by atoms with van der Waals surface area (Å²) in [5, 5.41) is 10.4. The average molecular weight is 231 g/mol. The van der Waals surface area contributed by atoms with Crippen LogP contribution in [0.15, 0.2) is 18.3 Å². The van der Waals surface area contributed by atoms with Crippen molar-refractivity contribution in [2.75, 3.05) is 6.61 Å². The Hall–Kier alpha value is -1.28. The highest BCUT2D eigenvalue weighted by Gasteiger charge is 2.09. The molecule has 1 heterocycles. The Bertz CT molecular complexity index is 525. The minimum atomic E-state index is 0.256. The predicted octanol–water partition coefficient (Wildman–Crippen LogP) is 3.20. The first-order valence-electron chi connectivity index (χ1n) is 6.37. The van der Waals surface area contributed by atoms with Gasteiger partial charge in [0.25, 0.3) is 0 Å². The summed E-state index contributed by atoms with van der Waals surface area (Å²) in [5.41, 5.74) is 5.39. The van der Waals surface area contributed by atoms with Gasteiger partial charge in [-0.15, -0.1) is 0 Å². The van der Waals surface area contributed by atoms with Crippen molar-refractivity contribution in [2.45, 2.75) is 40.2 Å². The number of aromatic nitrogens is 1. The van der Waals surface area contributed by atoms with Crippen LogP contribution in [0, 0.1) is 13.8 Å². The van der Waals surface area contributed by atoms with Gasteiger partial charge in [-0.2, -0.15) is 0 Å². The number of aryl methyl sites for hydroxylation is 4. The molecule has 0 aliphatic heterocycles. The Morgan fingerprint density at radius 3 is 2.65 bits per heavy atom. The largest absolute Gasteiger partial charge is 0.396 e. The molecular weight excluding hydrogens is 210 g/mol. The molecule has 2 heteroatoms. The van der Waals surface area contributed by atoms with Gasteiger partial charge in [0.2, 0.25) is 0 Å². The SMILES string of the molecule is CCc1cn(CCCO)c2cc(C)cc(C)c12. The maximum Gasteiger partial charge on any atom is 0.0488 e. The van der Waals surface area contributed by atoms with Crippen LogP contribution >= 0.6 is 0 Å². The van der Waals surface area contributed by atoms with Crippen LogP contribution < -0.4 is 0 Å². The van der Waals surface area contributed by atoms with Crippen LogP contribution in [-0.4, -0.2) is 16.3 Å². The van der Waals surface area contributed by atoms with Crippen LogP contribution in [0.4, 0.5) is 0 Å². The van der Waals surface area contributed by atoms with E-state index in [2.05, 4.69) is 43.7 Å². The fourth-order valence-corrected chi connectivity index (χ4v) is 2.61. The minimum Gasteiger partial charge on any atom is -0.396 e. The van der Waals surface area contributed by atoms with Crippen molar-refractivity contribution >= 4 is 10.9 Å². The standard InChI is InChI=1S/C15H21NO/c1-4-13-10-16(6-5-7-17)14-9-11(2)8-12(3)15(13)14/h8-10,17H,4-7H2,1-3H3. The molecule has 0 aliphatic rings. The summed E-state index contributed by atoms with van der Waals surface area (Å²) in [6.45, 7) is 7.68. The van der Waals surface area contributed by atoms with E-state index in [1.54, 1.807) is 0 Å². The smallest absolute Gasteiger partial charge is 0.0488 e. The van der Waals surface area contributed by atoms with E-state index in [1.165, 1.54) is 27.6 Å². The molecule has 2 rings (SSSR count). The van der Waals surface area contributed by atoms with E-state index in [4.69, 9.17) is 5.11 Å². The van der Waals surface area contributed by atoms with Gasteiger partial charge in [0.15, 0.2) is 0 Å². The molecule has 0 saturated carbocycles. The van der Waals surface area contributed by atoms with Crippen LogP contribution in [0.25, 0.3) is 10.9 Å². The van der Waals surface area contributed by atoms with E-state index in [-0.39, 0.29) is 6.61 Å². The number of fused-ring (bicyclic) bond motifs is 1. The Morgan fingerprint density at radius 2 is 2.00 bits per heavy atom. The number of hydrogen-bond donors (Lipinski definition) is 1. The van der Waals surface area contributed by atoms with Crippen molar-refractivity contribution in [1.82, 2.24) is 4.57 Å². The summed E-state index contributed by atoms with van der Waals surface area (Å²) >= 11 is 0. The summed E-state index contributed by atoms with van der Waals surface area (Å²) in [4.78, 5) is 0. The highest BCUT2D eigenvalue weighted by atomic mass is 16.3. The van der Waals surface area contributed by atoms with Crippen LogP contribution in [0.1, 0.15) is 30.0 Å². The van der Waals surface area contributed by atoms with Crippen LogP contribution in [0.2, 0.25) is 0 Å². The van der Waals surface area contributed by atoms with Gasteiger partial charge in [-0.3, -0.25) is 0 Å². The molecule has 1 N–H and O–H groups in total. The highest BCUT2D eigenvalue weighted by Crippen LogP contribution is 2.27. The summed E-state index contributed by atoms with van der Waals surface area (Å²) in [6.07, 6.45) is 4.12. The molecular formula is C15H21NO. The first-order chi connectivity index (χ1) is 8.17. The van der Waals surface area contributed by atoms with Crippen molar-refractivity contribution < 1.29 is 5.11 Å². The molecule has 92 valence electrons. The van der Waals surface area contributed by atoms with Gasteiger partial charge in [0.1, 0.15) is 0 Å². The highest BCUT2D eigenvalue weighted by molar-refractivity contribution is 5.87. The van der Waals surface area contributed by atoms with Gasteiger partial charge in [0.05, 0.1) is 0 Å². The van der Waals surface area contributed by atoms with E-state index < -0.39 is 0 Å². The van der Waals surface area contributed by atoms with Gasteiger partial charge in [-0.1, -0.05) is 13.0 Å². The normalized spacial score (nSPS) is 11.3. The Kier molecular flexibility index (Phi) is 3.53. The van der Waals surface area contributed by atoms with Crippen LogP contribution in [-0.2, 0) is 13.0 Å². The molecule has 1 aromatic heterocycles. The zero-order valence-corrected chi connectivity index (χ0v) is 11.0. The molecule has 17 heavy (non-hydrogen) atoms. The summed E-state index contributed by atoms with van der Waals surface area (Å²) in [7, 11) is 0. The first-order valence-corrected chi connectivity index (χ1v) is 6.37. The lowest BCUT2D eigenvalue weighted by molar-refractivity contribution is 0.280. The molecule has 0 amide bonds. The van der Waals surface area contributed by atoms with Gasteiger partial charge < -0.3 is 9.67 Å². The van der Waals surface area contributed by atoms with Gasteiger partial charge in [-0.25, -0.2) is 0 Å². The second kappa shape index (κ2) is 4.92. The predicted molar refractivity (Wildman–Crippen MR) is 72.5 cm³/mol. The molecule has 0 fully saturated rings. The van der Waals surface area contributed by atoms with Crippen molar-refractivity contribution in [2.24, 2.45) is 0 Å². The molecule has 0 atom stereocenters. The number of nitrogens with zero attached hydrogens (tertiary/aromatic N) is 1. The second-order valence-electron chi connectivity index (χ2n) is 4.75. The fourth-order valence-electron chi connectivity index (χ4n) is 2.61. The Labute approximate surface area is 103 Å². The third-order valence-corrected chi connectivity index (χ3v) is 3.34. The molecule has 1 aromatic carbocycles. The maximum absolute atomic E-state index is 8.96. The van der Waals surface area contributed by atoms with Gasteiger partial charge >= 0.3 is 0 Å². The number of hydrogen-bond acceptors (Lipinski definition) is 1. The third-order valence-electron chi connectivity index (χ3n) is 3.34. The van der Waals surface area contributed by atoms with E-state index >= 15 is 0 Å². The average Bonchev–Trinajstić information content (AvgIpc) is 2.64. The zero-order valence-electron chi connectivity index (χ0n) is 11.0. The molecule has 2 nitrogen and oxygen atoms in total. The van der Waals surface area contributed by atoms with Crippen LogP contribution in [0.5, 0.6) is 0 Å². The van der Waals surface area contributed by atoms with E-state index in [1.807, 2.05) is 0 Å². The number of aliphatic hydroxyl groups excluding tert-OH is 1. The fraction of sp³-hybridized carbons (Fsp3) is 0.467.